The van der Waals surface area contributed by atoms with Gasteiger partial charge in [-0.3, -0.25) is 9.36 Å². The van der Waals surface area contributed by atoms with E-state index in [9.17, 15) is 19.1 Å². The summed E-state index contributed by atoms with van der Waals surface area (Å²) in [6.07, 6.45) is 0.0661. The molecule has 1 saturated heterocycles. The van der Waals surface area contributed by atoms with Crippen LogP contribution in [0.25, 0.3) is 0 Å². The number of carbonyl (C=O) groups excluding carboxylic acids is 1. The van der Waals surface area contributed by atoms with Crippen molar-refractivity contribution in [2.75, 3.05) is 7.11 Å². The Hall–Kier alpha value is -1.48. The lowest BCUT2D eigenvalue weighted by Gasteiger charge is -2.34. The molecule has 0 bridgehead atoms. The van der Waals surface area contributed by atoms with Crippen LogP contribution in [0.15, 0.2) is 36.1 Å². The monoisotopic (exact) mass is 388 g/mol. The summed E-state index contributed by atoms with van der Waals surface area (Å²) >= 11 is 0. The van der Waals surface area contributed by atoms with Crippen LogP contribution in [0.2, 0.25) is 0 Å². The second kappa shape index (κ2) is 8.04. The molecule has 1 unspecified atom stereocenters. The summed E-state index contributed by atoms with van der Waals surface area (Å²) in [5.41, 5.74) is 0.337. The lowest BCUT2D eigenvalue weighted by molar-refractivity contribution is -0.118. The van der Waals surface area contributed by atoms with Gasteiger partial charge in [0.1, 0.15) is 24.1 Å². The summed E-state index contributed by atoms with van der Waals surface area (Å²) in [7, 11) is -2.88. The Morgan fingerprint density at radius 1 is 1.46 bits per heavy atom. The van der Waals surface area contributed by atoms with Crippen LogP contribution >= 0.6 is 7.60 Å². The van der Waals surface area contributed by atoms with Gasteiger partial charge in [-0.05, 0) is 26.3 Å². The van der Waals surface area contributed by atoms with Crippen molar-refractivity contribution >= 4 is 13.5 Å². The lowest BCUT2D eigenvalue weighted by atomic mass is 10.0. The van der Waals surface area contributed by atoms with Crippen molar-refractivity contribution in [1.82, 2.24) is 10.2 Å². The molecule has 2 heterocycles. The summed E-state index contributed by atoms with van der Waals surface area (Å²) in [5.74, 6) is 0.874. The van der Waals surface area contributed by atoms with E-state index < -0.39 is 32.1 Å². The molecule has 9 nitrogen and oxygen atoms in total. The summed E-state index contributed by atoms with van der Waals surface area (Å²) in [6, 6.07) is 0. The third kappa shape index (κ3) is 4.82. The summed E-state index contributed by atoms with van der Waals surface area (Å²) in [6.45, 7) is 9.06. The topological polar surface area (TPSA) is 118 Å². The number of hydrogen-bond donors (Lipinski definition) is 3. The Morgan fingerprint density at radius 3 is 2.62 bits per heavy atom. The third-order valence-electron chi connectivity index (χ3n) is 3.95. The zero-order valence-electron chi connectivity index (χ0n) is 15.2. The number of methoxy groups -OCH3 is 1. The minimum atomic E-state index is -4.38. The smallest absolute Gasteiger partial charge is 0.349 e. The highest BCUT2D eigenvalue weighted by atomic mass is 31.2. The maximum absolute atomic E-state index is 11.4. The normalized spacial score (nSPS) is 30.3. The predicted octanol–water partition coefficient (Wildman–Crippen LogP) is 1.02. The first kappa shape index (κ1) is 20.8. The number of ether oxygens (including phenoxy) is 3. The molecule has 4 atom stereocenters. The second-order valence-electron chi connectivity index (χ2n) is 6.42. The van der Waals surface area contributed by atoms with E-state index in [1.54, 1.807) is 11.8 Å². The van der Waals surface area contributed by atoms with E-state index >= 15 is 0 Å². The van der Waals surface area contributed by atoms with Crippen molar-refractivity contribution in [3.8, 4) is 0 Å². The van der Waals surface area contributed by atoms with Crippen LogP contribution in [0.5, 0.6) is 0 Å². The highest BCUT2D eigenvalue weighted by Gasteiger charge is 2.50. The Kier molecular flexibility index (Phi) is 6.44. The molecule has 0 saturated carbocycles. The SMILES string of the molecule is C=C1NC(=O)C=CN1[C@@H]1O[C@H](/C(C)=C/P(=O)(O)O)C(OC(C)C)[C@@H]1OC. The van der Waals surface area contributed by atoms with Crippen LogP contribution in [0.3, 0.4) is 0 Å². The van der Waals surface area contributed by atoms with Crippen molar-refractivity contribution in [2.45, 2.75) is 51.4 Å². The van der Waals surface area contributed by atoms with Crippen LogP contribution in [-0.2, 0) is 23.6 Å². The summed E-state index contributed by atoms with van der Waals surface area (Å²) in [4.78, 5) is 31.5. The fraction of sp³-hybridized carbons (Fsp3) is 0.562. The van der Waals surface area contributed by atoms with Crippen molar-refractivity contribution < 1.29 is 33.4 Å². The quantitative estimate of drug-likeness (QED) is 0.578. The van der Waals surface area contributed by atoms with Crippen molar-refractivity contribution in [2.24, 2.45) is 0 Å². The van der Waals surface area contributed by atoms with E-state index in [0.717, 1.165) is 5.82 Å². The molecule has 2 aliphatic rings. The molecule has 0 aliphatic carbocycles. The summed E-state index contributed by atoms with van der Waals surface area (Å²) < 4.78 is 28.9. The van der Waals surface area contributed by atoms with Crippen molar-refractivity contribution in [1.29, 1.82) is 0 Å². The number of nitrogens with zero attached hydrogens (tertiary/aromatic N) is 1. The van der Waals surface area contributed by atoms with E-state index in [2.05, 4.69) is 11.9 Å². The van der Waals surface area contributed by atoms with Gasteiger partial charge in [0.25, 0.3) is 5.91 Å². The summed E-state index contributed by atoms with van der Waals surface area (Å²) in [5, 5.41) is 2.58. The fourth-order valence-corrected chi connectivity index (χ4v) is 3.68. The zero-order valence-corrected chi connectivity index (χ0v) is 16.1. The number of nitrogens with one attached hydrogen (secondary N) is 1. The molecule has 0 aromatic heterocycles. The van der Waals surface area contributed by atoms with Gasteiger partial charge in [0.05, 0.1) is 6.10 Å². The van der Waals surface area contributed by atoms with Gasteiger partial charge in [0.2, 0.25) is 0 Å². The van der Waals surface area contributed by atoms with Gasteiger partial charge in [-0.25, -0.2) is 0 Å². The number of amides is 1. The molecule has 2 aliphatic heterocycles. The minimum Gasteiger partial charge on any atom is -0.374 e. The molecule has 1 amide bonds. The molecular weight excluding hydrogens is 363 g/mol. The van der Waals surface area contributed by atoms with Gasteiger partial charge in [0.15, 0.2) is 6.23 Å². The lowest BCUT2D eigenvalue weighted by Crippen LogP contribution is -2.47. The van der Waals surface area contributed by atoms with Gasteiger partial charge < -0.3 is 34.2 Å². The van der Waals surface area contributed by atoms with Gasteiger partial charge in [-0.1, -0.05) is 6.58 Å². The Balaban J connectivity index is 2.38. The molecule has 2 rings (SSSR count). The van der Waals surface area contributed by atoms with Gasteiger partial charge in [-0.15, -0.1) is 0 Å². The highest BCUT2D eigenvalue weighted by Crippen LogP contribution is 2.41. The van der Waals surface area contributed by atoms with Crippen molar-refractivity contribution in [3.05, 3.63) is 36.1 Å². The molecular formula is C16H25N2O7P. The Bertz CT molecular complexity index is 670. The molecule has 10 heteroatoms. The van der Waals surface area contributed by atoms with E-state index in [1.165, 1.54) is 19.4 Å². The predicted molar refractivity (Wildman–Crippen MR) is 93.5 cm³/mol. The Labute approximate surface area is 152 Å². The van der Waals surface area contributed by atoms with Crippen molar-refractivity contribution in [3.63, 3.8) is 0 Å². The Morgan fingerprint density at radius 2 is 2.12 bits per heavy atom. The van der Waals surface area contributed by atoms with E-state index in [0.29, 0.717) is 11.4 Å². The molecule has 0 radical (unpaired) electrons. The fourth-order valence-electron chi connectivity index (χ4n) is 3.01. The average molecular weight is 388 g/mol. The number of rotatable bonds is 6. The highest BCUT2D eigenvalue weighted by molar-refractivity contribution is 7.55. The molecule has 0 aromatic rings. The van der Waals surface area contributed by atoms with E-state index in [4.69, 9.17) is 14.2 Å². The van der Waals surface area contributed by atoms with E-state index in [1.807, 2.05) is 13.8 Å². The van der Waals surface area contributed by atoms with Gasteiger partial charge in [-0.2, -0.15) is 0 Å². The molecule has 3 N–H and O–H groups in total. The zero-order chi connectivity index (χ0) is 19.6. The van der Waals surface area contributed by atoms with Crippen LogP contribution in [-0.4, -0.2) is 58.3 Å². The largest absolute Gasteiger partial charge is 0.374 e. The molecule has 0 aromatic carbocycles. The minimum absolute atomic E-state index is 0.162. The number of carbonyl (C=O) groups is 1. The molecule has 146 valence electrons. The van der Waals surface area contributed by atoms with E-state index in [-0.39, 0.29) is 12.0 Å². The number of hydrogen-bond acceptors (Lipinski definition) is 6. The van der Waals surface area contributed by atoms with Crippen LogP contribution in [0.4, 0.5) is 0 Å². The molecule has 1 fully saturated rings. The van der Waals surface area contributed by atoms with Crippen LogP contribution < -0.4 is 5.32 Å². The molecule has 26 heavy (non-hydrogen) atoms. The maximum Gasteiger partial charge on any atom is 0.349 e. The molecule has 0 spiro atoms. The van der Waals surface area contributed by atoms with Gasteiger partial charge in [0, 0.05) is 25.2 Å². The standard InChI is InChI=1S/C16H25N2O7P/c1-9(2)24-14-13(10(3)8-26(20,21)22)25-16(15(14)23-5)18-7-6-12(19)17-11(18)4/h6-9,13-16H,4H2,1-3,5H3,(H,17,19)(H2,20,21,22)/b10-8+/t13-,14?,15+,16-/m1/s1. The first-order valence-corrected chi connectivity index (χ1v) is 9.76. The maximum atomic E-state index is 11.4. The average Bonchev–Trinajstić information content (AvgIpc) is 2.83. The second-order valence-corrected chi connectivity index (χ2v) is 7.85. The van der Waals surface area contributed by atoms with Gasteiger partial charge >= 0.3 is 7.60 Å². The first-order chi connectivity index (χ1) is 12.0. The third-order valence-corrected chi connectivity index (χ3v) is 4.69. The van der Waals surface area contributed by atoms with Crippen LogP contribution in [0, 0.1) is 0 Å². The first-order valence-electron chi connectivity index (χ1n) is 8.08. The van der Waals surface area contributed by atoms with Crippen LogP contribution in [0.1, 0.15) is 20.8 Å².